The molecule has 0 aliphatic carbocycles. The zero-order valence-corrected chi connectivity index (χ0v) is 16.0. The quantitative estimate of drug-likeness (QED) is 0.491. The molecule has 6 heteroatoms. The largest absolute Gasteiger partial charge is 0.486 e. The first-order chi connectivity index (χ1) is 14.1. The van der Waals surface area contributed by atoms with E-state index in [-0.39, 0.29) is 24.7 Å². The van der Waals surface area contributed by atoms with E-state index >= 15 is 0 Å². The number of rotatable bonds is 6. The van der Waals surface area contributed by atoms with Gasteiger partial charge in [-0.2, -0.15) is 0 Å². The molecule has 0 aliphatic heterocycles. The summed E-state index contributed by atoms with van der Waals surface area (Å²) in [4.78, 5) is 18.9. The molecule has 146 valence electrons. The van der Waals surface area contributed by atoms with Gasteiger partial charge in [0.2, 0.25) is 5.91 Å². The van der Waals surface area contributed by atoms with Crippen LogP contribution in [0.5, 0.6) is 5.75 Å². The highest BCUT2D eigenvalue weighted by atomic mass is 19.1. The van der Waals surface area contributed by atoms with E-state index in [4.69, 9.17) is 4.74 Å². The molecule has 0 bridgehead atoms. The van der Waals surface area contributed by atoms with Crippen LogP contribution in [0.1, 0.15) is 5.82 Å². The van der Waals surface area contributed by atoms with Gasteiger partial charge in [-0.15, -0.1) is 0 Å². The molecule has 4 aromatic rings. The van der Waals surface area contributed by atoms with E-state index in [0.717, 1.165) is 16.8 Å². The summed E-state index contributed by atoms with van der Waals surface area (Å²) in [6.45, 7) is 0.244. The Morgan fingerprint density at radius 3 is 2.48 bits per heavy atom. The fourth-order valence-electron chi connectivity index (χ4n) is 3.18. The predicted octanol–water partition coefficient (Wildman–Crippen LogP) is 4.42. The number of imidazole rings is 1. The minimum absolute atomic E-state index is 0.0266. The standard InChI is InChI=1S/C23H20FN3O2/c1-26(20-13-7-5-11-18(20)24)23(28)15-27-21-14-8-6-12-19(21)25-22(27)16-29-17-9-3-2-4-10-17/h2-14H,15-16H2,1H3. The van der Waals surface area contributed by atoms with Crippen LogP contribution in [-0.4, -0.2) is 22.5 Å². The Bertz CT molecular complexity index is 1140. The number of amides is 1. The van der Waals surface area contributed by atoms with Gasteiger partial charge in [0.25, 0.3) is 0 Å². The number of anilines is 1. The second-order valence-electron chi connectivity index (χ2n) is 6.61. The lowest BCUT2D eigenvalue weighted by atomic mass is 10.2. The number of carbonyl (C=O) groups excluding carboxylic acids is 1. The number of fused-ring (bicyclic) bond motifs is 1. The first-order valence-electron chi connectivity index (χ1n) is 9.26. The number of benzene rings is 3. The van der Waals surface area contributed by atoms with Crippen molar-refractivity contribution in [3.63, 3.8) is 0 Å². The van der Waals surface area contributed by atoms with Gasteiger partial charge in [0.05, 0.1) is 16.7 Å². The summed E-state index contributed by atoms with van der Waals surface area (Å²) in [5.41, 5.74) is 1.85. The zero-order valence-electron chi connectivity index (χ0n) is 16.0. The number of hydrogen-bond donors (Lipinski definition) is 0. The summed E-state index contributed by atoms with van der Waals surface area (Å²) >= 11 is 0. The Morgan fingerprint density at radius 1 is 1.00 bits per heavy atom. The second kappa shape index (κ2) is 8.14. The number of nitrogens with zero attached hydrogens (tertiary/aromatic N) is 3. The molecule has 0 radical (unpaired) electrons. The lowest BCUT2D eigenvalue weighted by Gasteiger charge is -2.19. The number of likely N-dealkylation sites (N-methyl/N-ethyl adjacent to an activating group) is 1. The lowest BCUT2D eigenvalue weighted by molar-refractivity contribution is -0.118. The molecule has 3 aromatic carbocycles. The van der Waals surface area contributed by atoms with Crippen LogP contribution in [0.4, 0.5) is 10.1 Å². The highest BCUT2D eigenvalue weighted by Gasteiger charge is 2.19. The predicted molar refractivity (Wildman–Crippen MR) is 110 cm³/mol. The van der Waals surface area contributed by atoms with Gasteiger partial charge in [-0.3, -0.25) is 4.79 Å². The second-order valence-corrected chi connectivity index (χ2v) is 6.61. The molecule has 1 amide bonds. The van der Waals surface area contributed by atoms with Crippen LogP contribution < -0.4 is 9.64 Å². The van der Waals surface area contributed by atoms with Crippen LogP contribution >= 0.6 is 0 Å². The van der Waals surface area contributed by atoms with E-state index in [1.807, 2.05) is 59.2 Å². The fourth-order valence-corrected chi connectivity index (χ4v) is 3.18. The first kappa shape index (κ1) is 18.7. The smallest absolute Gasteiger partial charge is 0.246 e. The number of hydrogen-bond acceptors (Lipinski definition) is 3. The molecular formula is C23H20FN3O2. The van der Waals surface area contributed by atoms with Crippen molar-refractivity contribution in [3.05, 3.63) is 90.5 Å². The molecule has 0 atom stereocenters. The molecule has 0 aliphatic rings. The fraction of sp³-hybridized carbons (Fsp3) is 0.130. The summed E-state index contributed by atoms with van der Waals surface area (Å²) < 4.78 is 21.7. The van der Waals surface area contributed by atoms with Crippen LogP contribution in [0, 0.1) is 5.82 Å². The van der Waals surface area contributed by atoms with Gasteiger partial charge in [-0.1, -0.05) is 42.5 Å². The number of halogens is 1. The molecule has 0 saturated heterocycles. The van der Waals surface area contributed by atoms with E-state index in [0.29, 0.717) is 5.82 Å². The van der Waals surface area contributed by atoms with Crippen molar-refractivity contribution in [3.8, 4) is 5.75 Å². The van der Waals surface area contributed by atoms with Crippen molar-refractivity contribution in [2.75, 3.05) is 11.9 Å². The molecule has 4 rings (SSSR count). The lowest BCUT2D eigenvalue weighted by Crippen LogP contribution is -2.31. The molecule has 1 aromatic heterocycles. The summed E-state index contributed by atoms with van der Waals surface area (Å²) in [6, 6.07) is 23.2. The van der Waals surface area contributed by atoms with Crippen molar-refractivity contribution >= 4 is 22.6 Å². The molecular weight excluding hydrogens is 369 g/mol. The van der Waals surface area contributed by atoms with Gasteiger partial charge in [0.15, 0.2) is 0 Å². The normalized spacial score (nSPS) is 10.8. The summed E-state index contributed by atoms with van der Waals surface area (Å²) in [6.07, 6.45) is 0. The van der Waals surface area contributed by atoms with Gasteiger partial charge in [-0.25, -0.2) is 9.37 Å². The third-order valence-corrected chi connectivity index (χ3v) is 4.73. The summed E-state index contributed by atoms with van der Waals surface area (Å²) in [7, 11) is 1.57. The monoisotopic (exact) mass is 389 g/mol. The van der Waals surface area contributed by atoms with Gasteiger partial charge >= 0.3 is 0 Å². The van der Waals surface area contributed by atoms with Crippen LogP contribution in [0.3, 0.4) is 0 Å². The number of carbonyl (C=O) groups is 1. The molecule has 29 heavy (non-hydrogen) atoms. The van der Waals surface area contributed by atoms with Crippen molar-refractivity contribution < 1.29 is 13.9 Å². The van der Waals surface area contributed by atoms with E-state index < -0.39 is 5.82 Å². The minimum atomic E-state index is -0.438. The Balaban J connectivity index is 1.61. The SMILES string of the molecule is CN(C(=O)Cn1c(COc2ccccc2)nc2ccccc21)c1ccccc1F. The van der Waals surface area contributed by atoms with Crippen LogP contribution in [0.15, 0.2) is 78.9 Å². The Kier molecular flexibility index (Phi) is 5.24. The van der Waals surface area contributed by atoms with Crippen molar-refractivity contribution in [2.45, 2.75) is 13.2 Å². The Hall–Kier alpha value is -3.67. The third kappa shape index (κ3) is 3.96. The van der Waals surface area contributed by atoms with E-state index in [1.165, 1.54) is 11.0 Å². The molecule has 1 heterocycles. The van der Waals surface area contributed by atoms with Gasteiger partial charge in [-0.05, 0) is 36.4 Å². The molecule has 0 N–H and O–H groups in total. The van der Waals surface area contributed by atoms with Gasteiger partial charge in [0.1, 0.15) is 30.5 Å². The Morgan fingerprint density at radius 2 is 1.69 bits per heavy atom. The molecule has 0 unspecified atom stereocenters. The summed E-state index contributed by atoms with van der Waals surface area (Å²) in [5.74, 6) is 0.664. The average Bonchev–Trinajstić information content (AvgIpc) is 3.10. The minimum Gasteiger partial charge on any atom is -0.486 e. The maximum atomic E-state index is 14.1. The number of aromatic nitrogens is 2. The maximum absolute atomic E-state index is 14.1. The average molecular weight is 389 g/mol. The number of para-hydroxylation sites is 4. The number of ether oxygens (including phenoxy) is 1. The van der Waals surface area contributed by atoms with Crippen molar-refractivity contribution in [2.24, 2.45) is 0 Å². The molecule has 0 spiro atoms. The van der Waals surface area contributed by atoms with Crippen molar-refractivity contribution in [1.82, 2.24) is 9.55 Å². The van der Waals surface area contributed by atoms with E-state index in [2.05, 4.69) is 4.98 Å². The first-order valence-corrected chi connectivity index (χ1v) is 9.26. The zero-order chi connectivity index (χ0) is 20.2. The summed E-state index contributed by atoms with van der Waals surface area (Å²) in [5, 5.41) is 0. The third-order valence-electron chi connectivity index (χ3n) is 4.73. The molecule has 5 nitrogen and oxygen atoms in total. The van der Waals surface area contributed by atoms with Gasteiger partial charge in [0, 0.05) is 7.05 Å². The van der Waals surface area contributed by atoms with Crippen LogP contribution in [-0.2, 0) is 17.9 Å². The maximum Gasteiger partial charge on any atom is 0.246 e. The highest BCUT2D eigenvalue weighted by Crippen LogP contribution is 2.21. The molecule has 0 fully saturated rings. The highest BCUT2D eigenvalue weighted by molar-refractivity contribution is 5.93. The van der Waals surface area contributed by atoms with Crippen LogP contribution in [0.25, 0.3) is 11.0 Å². The van der Waals surface area contributed by atoms with E-state index in [9.17, 15) is 9.18 Å². The topological polar surface area (TPSA) is 47.4 Å². The van der Waals surface area contributed by atoms with E-state index in [1.54, 1.807) is 25.2 Å². The Labute approximate surface area is 168 Å². The van der Waals surface area contributed by atoms with Gasteiger partial charge < -0.3 is 14.2 Å². The van der Waals surface area contributed by atoms with Crippen LogP contribution in [0.2, 0.25) is 0 Å². The molecule has 0 saturated carbocycles. The van der Waals surface area contributed by atoms with Crippen molar-refractivity contribution in [1.29, 1.82) is 0 Å².